The molecule has 0 atom stereocenters. The lowest BCUT2D eigenvalue weighted by Crippen LogP contribution is -1.94. The number of pyridine rings is 3. The van der Waals surface area contributed by atoms with Crippen LogP contribution in [0.15, 0.2) is 219 Å². The van der Waals surface area contributed by atoms with Gasteiger partial charge in [-0.3, -0.25) is 15.0 Å². The summed E-state index contributed by atoms with van der Waals surface area (Å²) in [6.45, 7) is 0. The quantitative estimate of drug-likeness (QED) is 0.161. The molecular formula is C57H36N4S. The average Bonchev–Trinajstić information content (AvgIpc) is 3.89. The van der Waals surface area contributed by atoms with E-state index in [4.69, 9.17) is 9.97 Å². The van der Waals surface area contributed by atoms with Gasteiger partial charge in [-0.2, -0.15) is 0 Å². The van der Waals surface area contributed by atoms with Crippen LogP contribution in [-0.2, 0) is 0 Å². The van der Waals surface area contributed by atoms with E-state index in [0.717, 1.165) is 67.1 Å². The zero-order valence-electron chi connectivity index (χ0n) is 33.5. The molecule has 12 aromatic rings. The predicted molar refractivity (Wildman–Crippen MR) is 260 cm³/mol. The molecular weight excluding hydrogens is 773 g/mol. The molecule has 5 aromatic heterocycles. The number of nitrogens with zero attached hydrogens (tertiary/aromatic N) is 4. The van der Waals surface area contributed by atoms with Crippen LogP contribution in [0.5, 0.6) is 0 Å². The number of fused-ring (bicyclic) bond motifs is 6. The molecule has 0 aliphatic heterocycles. The third kappa shape index (κ3) is 6.09. The Labute approximate surface area is 362 Å². The number of thiophene rings is 1. The molecule has 0 unspecified atom stereocenters. The summed E-state index contributed by atoms with van der Waals surface area (Å²) in [5, 5.41) is 4.89. The van der Waals surface area contributed by atoms with Gasteiger partial charge in [-0.15, -0.1) is 11.3 Å². The first-order valence-corrected chi connectivity index (χ1v) is 21.6. The largest absolute Gasteiger partial charge is 0.309 e. The summed E-state index contributed by atoms with van der Waals surface area (Å²) in [7, 11) is 0. The lowest BCUT2D eigenvalue weighted by atomic mass is 9.94. The van der Waals surface area contributed by atoms with Gasteiger partial charge in [-0.05, 0) is 124 Å². The second-order valence-electron chi connectivity index (χ2n) is 15.6. The highest BCUT2D eigenvalue weighted by Gasteiger charge is 2.19. The number of hydrogen-bond donors (Lipinski definition) is 0. The molecule has 7 aromatic carbocycles. The van der Waals surface area contributed by atoms with Crippen LogP contribution in [0.1, 0.15) is 0 Å². The molecule has 0 bridgehead atoms. The Hall–Kier alpha value is -7.99. The van der Waals surface area contributed by atoms with Crippen LogP contribution < -0.4 is 0 Å². The molecule has 0 saturated carbocycles. The molecule has 62 heavy (non-hydrogen) atoms. The second-order valence-corrected chi connectivity index (χ2v) is 16.7. The molecule has 5 heterocycles. The second kappa shape index (κ2) is 14.9. The van der Waals surface area contributed by atoms with Gasteiger partial charge in [0.1, 0.15) is 0 Å². The standard InChI is InChI=1S/C57H36N4S/c1-2-16-45(40-12-11-29-58-36-40)42(13-1)39-23-27-56-50(34-39)51-35-41(24-28-57(51)62-56)61-54-25-21-37(43-14-3-5-17-46(43)52-19-7-9-30-59-52)32-48(54)49-33-38(22-26-55(49)61)44-15-4-6-18-47(44)53-20-8-10-31-60-53/h1-36H. The Morgan fingerprint density at radius 3 is 1.34 bits per heavy atom. The number of benzene rings is 7. The van der Waals surface area contributed by atoms with Crippen molar-refractivity contribution in [2.24, 2.45) is 0 Å². The molecule has 0 spiro atoms. The van der Waals surface area contributed by atoms with Crippen molar-refractivity contribution in [3.63, 3.8) is 0 Å². The van der Waals surface area contributed by atoms with Crippen LogP contribution in [0.25, 0.3) is 115 Å². The maximum Gasteiger partial charge on any atom is 0.0708 e. The van der Waals surface area contributed by atoms with Crippen LogP contribution in [-0.4, -0.2) is 19.5 Å². The summed E-state index contributed by atoms with van der Waals surface area (Å²) in [4.78, 5) is 13.9. The molecule has 5 heteroatoms. The summed E-state index contributed by atoms with van der Waals surface area (Å²) >= 11 is 1.85. The average molecular weight is 809 g/mol. The Bertz CT molecular complexity index is 3490. The van der Waals surface area contributed by atoms with E-state index >= 15 is 0 Å². The fraction of sp³-hybridized carbons (Fsp3) is 0. The number of hydrogen-bond acceptors (Lipinski definition) is 4. The minimum absolute atomic E-state index is 0.957. The monoisotopic (exact) mass is 808 g/mol. The lowest BCUT2D eigenvalue weighted by molar-refractivity contribution is 1.19. The van der Waals surface area contributed by atoms with E-state index in [1.807, 2.05) is 54.3 Å². The molecule has 0 aliphatic carbocycles. The van der Waals surface area contributed by atoms with E-state index < -0.39 is 0 Å². The third-order valence-corrected chi connectivity index (χ3v) is 13.2. The fourth-order valence-corrected chi connectivity index (χ4v) is 10.2. The maximum atomic E-state index is 4.74. The molecule has 0 radical (unpaired) electrons. The Balaban J connectivity index is 1.06. The van der Waals surface area contributed by atoms with Crippen LogP contribution in [0.4, 0.5) is 0 Å². The lowest BCUT2D eigenvalue weighted by Gasteiger charge is -2.12. The smallest absolute Gasteiger partial charge is 0.0708 e. The highest BCUT2D eigenvalue weighted by Crippen LogP contribution is 2.43. The first kappa shape index (κ1) is 35.9. The Kier molecular flexibility index (Phi) is 8.65. The van der Waals surface area contributed by atoms with Crippen molar-refractivity contribution >= 4 is 53.3 Å². The van der Waals surface area contributed by atoms with Crippen molar-refractivity contribution in [1.82, 2.24) is 19.5 Å². The van der Waals surface area contributed by atoms with Crippen molar-refractivity contribution in [3.8, 4) is 72.7 Å². The zero-order valence-corrected chi connectivity index (χ0v) is 34.3. The Morgan fingerprint density at radius 2 is 0.806 bits per heavy atom. The molecule has 0 N–H and O–H groups in total. The fourth-order valence-electron chi connectivity index (χ4n) is 9.18. The van der Waals surface area contributed by atoms with Crippen LogP contribution in [0.3, 0.4) is 0 Å². The number of rotatable bonds is 7. The van der Waals surface area contributed by atoms with Gasteiger partial charge in [0.25, 0.3) is 0 Å². The van der Waals surface area contributed by atoms with Crippen LogP contribution in [0, 0.1) is 0 Å². The summed E-state index contributed by atoms with van der Waals surface area (Å²) in [5.41, 5.74) is 16.8. The molecule has 4 nitrogen and oxygen atoms in total. The minimum atomic E-state index is 0.957. The van der Waals surface area contributed by atoms with Gasteiger partial charge < -0.3 is 4.57 Å². The first-order valence-electron chi connectivity index (χ1n) is 20.8. The van der Waals surface area contributed by atoms with Gasteiger partial charge in [-0.25, -0.2) is 0 Å². The van der Waals surface area contributed by atoms with Gasteiger partial charge in [0, 0.05) is 78.1 Å². The predicted octanol–water partition coefficient (Wildman–Crippen LogP) is 15.3. The van der Waals surface area contributed by atoms with E-state index in [2.05, 4.69) is 185 Å². The minimum Gasteiger partial charge on any atom is -0.309 e. The van der Waals surface area contributed by atoms with Crippen LogP contribution >= 0.6 is 11.3 Å². The summed E-state index contributed by atoms with van der Waals surface area (Å²) in [6, 6.07) is 69.9. The van der Waals surface area contributed by atoms with E-state index in [9.17, 15) is 0 Å². The van der Waals surface area contributed by atoms with Crippen LogP contribution in [0.2, 0.25) is 0 Å². The van der Waals surface area contributed by atoms with Crippen molar-refractivity contribution in [2.75, 3.05) is 0 Å². The van der Waals surface area contributed by atoms with Gasteiger partial charge in [-0.1, -0.05) is 109 Å². The first-order chi connectivity index (χ1) is 30.7. The number of aromatic nitrogens is 4. The molecule has 0 amide bonds. The summed E-state index contributed by atoms with van der Waals surface area (Å²) in [5.74, 6) is 0. The highest BCUT2D eigenvalue weighted by molar-refractivity contribution is 7.25. The normalized spacial score (nSPS) is 11.5. The topological polar surface area (TPSA) is 43.6 Å². The van der Waals surface area contributed by atoms with E-state index in [-0.39, 0.29) is 0 Å². The van der Waals surface area contributed by atoms with E-state index in [0.29, 0.717) is 0 Å². The van der Waals surface area contributed by atoms with Crippen molar-refractivity contribution < 1.29 is 0 Å². The van der Waals surface area contributed by atoms with Crippen molar-refractivity contribution in [3.05, 3.63) is 219 Å². The zero-order chi connectivity index (χ0) is 41.0. The summed E-state index contributed by atoms with van der Waals surface area (Å²) < 4.78 is 4.98. The summed E-state index contributed by atoms with van der Waals surface area (Å²) in [6.07, 6.45) is 7.50. The molecule has 0 fully saturated rings. The molecule has 290 valence electrons. The molecule has 0 saturated heterocycles. The van der Waals surface area contributed by atoms with E-state index in [1.54, 1.807) is 0 Å². The maximum absolute atomic E-state index is 4.74. The van der Waals surface area contributed by atoms with Crippen molar-refractivity contribution in [2.45, 2.75) is 0 Å². The molecule has 12 rings (SSSR count). The molecule has 0 aliphatic rings. The van der Waals surface area contributed by atoms with Gasteiger partial charge in [0.2, 0.25) is 0 Å². The Morgan fingerprint density at radius 1 is 0.339 bits per heavy atom. The highest BCUT2D eigenvalue weighted by atomic mass is 32.1. The van der Waals surface area contributed by atoms with Crippen molar-refractivity contribution in [1.29, 1.82) is 0 Å². The third-order valence-electron chi connectivity index (χ3n) is 12.0. The van der Waals surface area contributed by atoms with Gasteiger partial charge in [0.05, 0.1) is 22.4 Å². The SMILES string of the molecule is c1ccc(-c2ccccc2-c2ccc3c(c2)c2cc(-c4ccccc4-c4ccccn4)ccc2n3-c2ccc3sc4ccc(-c5ccccc5-c5cccnc5)cc4c3c2)nc1. The van der Waals surface area contributed by atoms with Gasteiger partial charge in [0.15, 0.2) is 0 Å². The van der Waals surface area contributed by atoms with E-state index in [1.165, 1.54) is 47.6 Å². The van der Waals surface area contributed by atoms with Gasteiger partial charge >= 0.3 is 0 Å².